The number of hydrogen-bond acceptors (Lipinski definition) is 2. The second kappa shape index (κ2) is 4.83. The van der Waals surface area contributed by atoms with Crippen molar-refractivity contribution in [2.24, 2.45) is 0 Å². The molecule has 1 heterocycles. The summed E-state index contributed by atoms with van der Waals surface area (Å²) in [5, 5.41) is 3.30. The van der Waals surface area contributed by atoms with Crippen LogP contribution in [0.5, 0.6) is 0 Å². The van der Waals surface area contributed by atoms with E-state index in [1.165, 1.54) is 18.9 Å². The smallest absolute Gasteiger partial charge is 0.128 e. The van der Waals surface area contributed by atoms with E-state index < -0.39 is 0 Å². The zero-order chi connectivity index (χ0) is 11.5. The molecule has 1 aromatic carbocycles. The van der Waals surface area contributed by atoms with E-state index in [0.29, 0.717) is 6.04 Å². The average molecular weight is 222 g/mol. The Morgan fingerprint density at radius 2 is 2.25 bits per heavy atom. The van der Waals surface area contributed by atoms with E-state index in [1.54, 1.807) is 6.07 Å². The number of benzene rings is 1. The Morgan fingerprint density at radius 1 is 1.44 bits per heavy atom. The Labute approximate surface area is 96.5 Å². The van der Waals surface area contributed by atoms with E-state index in [9.17, 15) is 4.39 Å². The third kappa shape index (κ3) is 2.19. The monoisotopic (exact) mass is 222 g/mol. The lowest BCUT2D eigenvalue weighted by atomic mass is 10.0. The molecule has 0 aromatic heterocycles. The van der Waals surface area contributed by atoms with Crippen molar-refractivity contribution in [2.75, 3.05) is 25.0 Å². The topological polar surface area (TPSA) is 15.3 Å². The van der Waals surface area contributed by atoms with Gasteiger partial charge in [0, 0.05) is 30.4 Å². The molecule has 1 aliphatic heterocycles. The van der Waals surface area contributed by atoms with Gasteiger partial charge in [0.25, 0.3) is 0 Å². The van der Waals surface area contributed by atoms with Crippen LogP contribution in [0.3, 0.4) is 0 Å². The summed E-state index contributed by atoms with van der Waals surface area (Å²) >= 11 is 0. The van der Waals surface area contributed by atoms with Crippen molar-refractivity contribution < 1.29 is 4.39 Å². The van der Waals surface area contributed by atoms with E-state index in [-0.39, 0.29) is 5.82 Å². The molecular formula is C13H19FN2. The summed E-state index contributed by atoms with van der Waals surface area (Å²) in [5.41, 5.74) is 1.80. The Kier molecular flexibility index (Phi) is 3.44. The maximum Gasteiger partial charge on any atom is 0.128 e. The molecule has 0 saturated carbocycles. The molecule has 0 aliphatic carbocycles. The fourth-order valence-electron chi connectivity index (χ4n) is 2.37. The first-order valence-corrected chi connectivity index (χ1v) is 5.89. The predicted molar refractivity (Wildman–Crippen MR) is 65.4 cm³/mol. The molecule has 3 heteroatoms. The average Bonchev–Trinajstić information content (AvgIpc) is 2.33. The van der Waals surface area contributed by atoms with Crippen LogP contribution in [-0.4, -0.2) is 26.2 Å². The number of piperidine rings is 1. The van der Waals surface area contributed by atoms with Crippen molar-refractivity contribution in [3.05, 3.63) is 29.6 Å². The van der Waals surface area contributed by atoms with Crippen molar-refractivity contribution in [3.8, 4) is 0 Å². The first-order valence-electron chi connectivity index (χ1n) is 5.89. The van der Waals surface area contributed by atoms with Gasteiger partial charge in [0.15, 0.2) is 0 Å². The zero-order valence-corrected chi connectivity index (χ0v) is 9.96. The van der Waals surface area contributed by atoms with Gasteiger partial charge in [0.05, 0.1) is 0 Å². The number of hydrogen-bond donors (Lipinski definition) is 1. The SMILES string of the molecule is CNC1CCCN(c2cccc(F)c2C)C1. The summed E-state index contributed by atoms with van der Waals surface area (Å²) < 4.78 is 13.5. The van der Waals surface area contributed by atoms with Crippen molar-refractivity contribution in [2.45, 2.75) is 25.8 Å². The van der Waals surface area contributed by atoms with Crippen molar-refractivity contribution in [1.82, 2.24) is 5.32 Å². The highest BCUT2D eigenvalue weighted by atomic mass is 19.1. The third-order valence-corrected chi connectivity index (χ3v) is 3.41. The number of rotatable bonds is 2. The number of nitrogens with one attached hydrogen (secondary N) is 1. The Balaban J connectivity index is 2.20. The summed E-state index contributed by atoms with van der Waals surface area (Å²) in [5.74, 6) is -0.107. The molecular weight excluding hydrogens is 203 g/mol. The van der Waals surface area contributed by atoms with Crippen LogP contribution in [0.15, 0.2) is 18.2 Å². The van der Waals surface area contributed by atoms with Crippen LogP contribution in [0.1, 0.15) is 18.4 Å². The van der Waals surface area contributed by atoms with Crippen molar-refractivity contribution in [1.29, 1.82) is 0 Å². The number of likely N-dealkylation sites (N-methyl/N-ethyl adjacent to an activating group) is 1. The highest BCUT2D eigenvalue weighted by Crippen LogP contribution is 2.25. The molecule has 16 heavy (non-hydrogen) atoms. The molecule has 0 radical (unpaired) electrons. The van der Waals surface area contributed by atoms with Gasteiger partial charge < -0.3 is 10.2 Å². The van der Waals surface area contributed by atoms with Gasteiger partial charge in [0.1, 0.15) is 5.82 Å². The van der Waals surface area contributed by atoms with E-state index in [1.807, 2.05) is 20.0 Å². The predicted octanol–water partition coefficient (Wildman–Crippen LogP) is 2.32. The molecule has 1 fully saturated rings. The molecule has 1 N–H and O–H groups in total. The van der Waals surface area contributed by atoms with E-state index in [0.717, 1.165) is 24.3 Å². The maximum absolute atomic E-state index is 13.5. The first-order chi connectivity index (χ1) is 7.72. The fraction of sp³-hybridized carbons (Fsp3) is 0.538. The molecule has 0 bridgehead atoms. The summed E-state index contributed by atoms with van der Waals surface area (Å²) in [7, 11) is 1.99. The van der Waals surface area contributed by atoms with E-state index in [2.05, 4.69) is 10.2 Å². The van der Waals surface area contributed by atoms with Crippen molar-refractivity contribution in [3.63, 3.8) is 0 Å². The zero-order valence-electron chi connectivity index (χ0n) is 9.96. The minimum absolute atomic E-state index is 0.107. The van der Waals surface area contributed by atoms with Crippen LogP contribution >= 0.6 is 0 Å². The largest absolute Gasteiger partial charge is 0.370 e. The second-order valence-electron chi connectivity index (χ2n) is 4.46. The summed E-state index contributed by atoms with van der Waals surface area (Å²) in [6, 6.07) is 5.85. The molecule has 1 aromatic rings. The lowest BCUT2D eigenvalue weighted by Crippen LogP contribution is -2.44. The molecule has 0 spiro atoms. The van der Waals surface area contributed by atoms with E-state index >= 15 is 0 Å². The minimum atomic E-state index is -0.107. The molecule has 1 unspecified atom stereocenters. The molecule has 88 valence electrons. The number of anilines is 1. The van der Waals surface area contributed by atoms with Crippen molar-refractivity contribution >= 4 is 5.69 Å². The Hall–Kier alpha value is -1.09. The lowest BCUT2D eigenvalue weighted by molar-refractivity contribution is 0.448. The Bertz CT molecular complexity index is 365. The number of halogens is 1. The maximum atomic E-state index is 13.5. The highest BCUT2D eigenvalue weighted by molar-refractivity contribution is 5.54. The van der Waals surface area contributed by atoms with E-state index in [4.69, 9.17) is 0 Å². The van der Waals surface area contributed by atoms with Crippen LogP contribution in [0.2, 0.25) is 0 Å². The van der Waals surface area contributed by atoms with Gasteiger partial charge in [-0.2, -0.15) is 0 Å². The van der Waals surface area contributed by atoms with Crippen LogP contribution in [0.4, 0.5) is 10.1 Å². The first kappa shape index (κ1) is 11.4. The second-order valence-corrected chi connectivity index (χ2v) is 4.46. The standard InChI is InChI=1S/C13H19FN2/c1-10-12(14)6-3-7-13(10)16-8-4-5-11(9-16)15-2/h3,6-7,11,15H,4-5,8-9H2,1-2H3. The van der Waals surface area contributed by atoms with Gasteiger partial charge in [-0.15, -0.1) is 0 Å². The van der Waals surface area contributed by atoms with Gasteiger partial charge in [-0.1, -0.05) is 6.07 Å². The summed E-state index contributed by atoms with van der Waals surface area (Å²) in [4.78, 5) is 2.28. The van der Waals surface area contributed by atoms with Gasteiger partial charge in [-0.25, -0.2) is 4.39 Å². The molecule has 1 atom stereocenters. The quantitative estimate of drug-likeness (QED) is 0.826. The summed E-state index contributed by atoms with van der Waals surface area (Å²) in [6.07, 6.45) is 2.38. The fourth-order valence-corrected chi connectivity index (χ4v) is 2.37. The molecule has 0 amide bonds. The van der Waals surface area contributed by atoms with Crippen LogP contribution in [0, 0.1) is 12.7 Å². The van der Waals surface area contributed by atoms with Gasteiger partial charge >= 0.3 is 0 Å². The van der Waals surface area contributed by atoms with Gasteiger partial charge in [-0.3, -0.25) is 0 Å². The molecule has 2 nitrogen and oxygen atoms in total. The molecule has 1 saturated heterocycles. The highest BCUT2D eigenvalue weighted by Gasteiger charge is 2.20. The molecule has 2 rings (SSSR count). The lowest BCUT2D eigenvalue weighted by Gasteiger charge is -2.35. The van der Waals surface area contributed by atoms with Crippen LogP contribution in [0.25, 0.3) is 0 Å². The van der Waals surface area contributed by atoms with Crippen LogP contribution in [-0.2, 0) is 0 Å². The molecule has 1 aliphatic rings. The third-order valence-electron chi connectivity index (χ3n) is 3.41. The normalized spacial score (nSPS) is 21.2. The Morgan fingerprint density at radius 3 is 3.00 bits per heavy atom. The van der Waals surface area contributed by atoms with Gasteiger partial charge in [-0.05, 0) is 38.9 Å². The minimum Gasteiger partial charge on any atom is -0.370 e. The van der Waals surface area contributed by atoms with Gasteiger partial charge in [0.2, 0.25) is 0 Å². The number of nitrogens with zero attached hydrogens (tertiary/aromatic N) is 1. The van der Waals surface area contributed by atoms with Crippen LogP contribution < -0.4 is 10.2 Å². The summed E-state index contributed by atoms with van der Waals surface area (Å²) in [6.45, 7) is 3.86.